The van der Waals surface area contributed by atoms with Crippen LogP contribution >= 0.6 is 0 Å². The van der Waals surface area contributed by atoms with E-state index in [1.54, 1.807) is 18.7 Å². The average molecular weight is 424 g/mol. The minimum Gasteiger partial charge on any atom is -0.383 e. The number of aromatic nitrogens is 4. The second-order valence-corrected chi connectivity index (χ2v) is 7.63. The van der Waals surface area contributed by atoms with Crippen LogP contribution in [-0.4, -0.2) is 66.6 Å². The molecule has 4 rings (SSSR count). The summed E-state index contributed by atoms with van der Waals surface area (Å²) in [5, 5.41) is 16.2. The highest BCUT2D eigenvalue weighted by molar-refractivity contribution is 5.87. The summed E-state index contributed by atoms with van der Waals surface area (Å²) in [5.74, 6) is 1.02. The van der Waals surface area contributed by atoms with Crippen LogP contribution in [0.5, 0.6) is 0 Å². The molecule has 1 aromatic carbocycles. The van der Waals surface area contributed by atoms with Crippen molar-refractivity contribution >= 4 is 28.3 Å². The van der Waals surface area contributed by atoms with Gasteiger partial charge in [-0.25, -0.2) is 9.97 Å². The van der Waals surface area contributed by atoms with Crippen molar-refractivity contribution in [3.63, 3.8) is 0 Å². The number of nitro groups is 1. The zero-order chi connectivity index (χ0) is 22.1. The minimum absolute atomic E-state index is 0.00909. The van der Waals surface area contributed by atoms with Gasteiger partial charge in [-0.15, -0.1) is 0 Å². The molecule has 1 saturated heterocycles. The van der Waals surface area contributed by atoms with Gasteiger partial charge in [0, 0.05) is 31.6 Å². The summed E-state index contributed by atoms with van der Waals surface area (Å²) in [6.45, 7) is 6.21. The van der Waals surface area contributed by atoms with Crippen molar-refractivity contribution in [3.05, 3.63) is 51.6 Å². The molecule has 1 fully saturated rings. The molecular weight excluding hydrogens is 400 g/mol. The number of nitrogen functional groups attached to an aromatic ring is 1. The Morgan fingerprint density at radius 1 is 1.16 bits per heavy atom. The number of benzene rings is 1. The summed E-state index contributed by atoms with van der Waals surface area (Å²) in [4.78, 5) is 36.4. The van der Waals surface area contributed by atoms with Gasteiger partial charge in [0.15, 0.2) is 0 Å². The molecule has 0 atom stereocenters. The van der Waals surface area contributed by atoms with E-state index in [9.17, 15) is 14.9 Å². The lowest BCUT2D eigenvalue weighted by molar-refractivity contribution is -0.386. The molecular formula is C20H24N8O3. The second kappa shape index (κ2) is 8.26. The topological polar surface area (TPSA) is 136 Å². The molecule has 0 saturated carbocycles. The molecule has 0 radical (unpaired) electrons. The Bertz CT molecular complexity index is 1150. The monoisotopic (exact) mass is 424 g/mol. The van der Waals surface area contributed by atoms with Gasteiger partial charge in [0.2, 0.25) is 5.91 Å². The summed E-state index contributed by atoms with van der Waals surface area (Å²) < 4.78 is 1.41. The number of anilines is 1. The number of para-hydroxylation sites is 1. The Labute approximate surface area is 178 Å². The number of hydrogen-bond donors (Lipinski definition) is 1. The largest absolute Gasteiger partial charge is 0.383 e. The van der Waals surface area contributed by atoms with Gasteiger partial charge in [0.05, 0.1) is 17.0 Å². The Morgan fingerprint density at radius 2 is 1.87 bits per heavy atom. The van der Waals surface area contributed by atoms with Crippen LogP contribution in [0.4, 0.5) is 11.5 Å². The summed E-state index contributed by atoms with van der Waals surface area (Å²) in [6, 6.07) is 7.63. The van der Waals surface area contributed by atoms with Gasteiger partial charge in [0.25, 0.3) is 0 Å². The van der Waals surface area contributed by atoms with Crippen molar-refractivity contribution < 1.29 is 9.72 Å². The molecule has 1 aliphatic rings. The number of carbonyl (C=O) groups excluding carboxylic acids is 1. The fourth-order valence-electron chi connectivity index (χ4n) is 3.91. The fourth-order valence-corrected chi connectivity index (χ4v) is 3.91. The van der Waals surface area contributed by atoms with Crippen LogP contribution < -0.4 is 5.73 Å². The molecule has 0 aliphatic carbocycles. The Morgan fingerprint density at radius 3 is 2.55 bits per heavy atom. The summed E-state index contributed by atoms with van der Waals surface area (Å²) in [5.41, 5.74) is 7.55. The predicted octanol–water partition coefficient (Wildman–Crippen LogP) is 1.28. The number of rotatable bonds is 5. The molecule has 31 heavy (non-hydrogen) atoms. The van der Waals surface area contributed by atoms with Crippen molar-refractivity contribution in [1.82, 2.24) is 29.5 Å². The summed E-state index contributed by atoms with van der Waals surface area (Å²) in [7, 11) is 0. The average Bonchev–Trinajstić information content (AvgIpc) is 3.01. The first-order valence-electron chi connectivity index (χ1n) is 10.0. The molecule has 2 aromatic heterocycles. The number of nitrogens with zero attached hydrogens (tertiary/aromatic N) is 7. The van der Waals surface area contributed by atoms with E-state index in [-0.39, 0.29) is 18.1 Å². The quantitative estimate of drug-likeness (QED) is 0.478. The standard InChI is InChI=1S/C20H24N8O3/c1-13-19(28(30)31)14(2)27(24-13)12-18(29)26-9-7-25(8-10-26)11-17-22-16-6-4-3-5-15(16)20(21)23-17/h3-6H,7-12H2,1-2H3,(H2,21,22,23). The molecule has 0 spiro atoms. The van der Waals surface area contributed by atoms with E-state index >= 15 is 0 Å². The number of carbonyl (C=O) groups is 1. The van der Waals surface area contributed by atoms with Crippen LogP contribution in [0.1, 0.15) is 17.2 Å². The highest BCUT2D eigenvalue weighted by Crippen LogP contribution is 2.22. The van der Waals surface area contributed by atoms with E-state index in [1.165, 1.54) is 4.68 Å². The van der Waals surface area contributed by atoms with Gasteiger partial charge in [-0.05, 0) is 26.0 Å². The number of hydrogen-bond acceptors (Lipinski definition) is 8. The molecule has 1 amide bonds. The third-order valence-corrected chi connectivity index (χ3v) is 5.58. The first-order chi connectivity index (χ1) is 14.8. The van der Waals surface area contributed by atoms with Crippen molar-refractivity contribution in [3.8, 4) is 0 Å². The zero-order valence-electron chi connectivity index (χ0n) is 17.5. The molecule has 3 heterocycles. The number of aryl methyl sites for hydroxylation is 1. The van der Waals surface area contributed by atoms with Crippen molar-refractivity contribution in [2.45, 2.75) is 26.9 Å². The number of piperazine rings is 1. The number of fused-ring (bicyclic) bond motifs is 1. The molecule has 162 valence electrons. The van der Waals surface area contributed by atoms with Gasteiger partial charge in [-0.1, -0.05) is 12.1 Å². The highest BCUT2D eigenvalue weighted by Gasteiger charge is 2.26. The summed E-state index contributed by atoms with van der Waals surface area (Å²) in [6.07, 6.45) is 0. The maximum atomic E-state index is 12.7. The summed E-state index contributed by atoms with van der Waals surface area (Å²) >= 11 is 0. The van der Waals surface area contributed by atoms with Gasteiger partial charge in [-0.2, -0.15) is 5.10 Å². The van der Waals surface area contributed by atoms with Crippen LogP contribution in [0, 0.1) is 24.0 Å². The SMILES string of the molecule is Cc1nn(CC(=O)N2CCN(Cc3nc(N)c4ccccc4n3)CC2)c(C)c1[N+](=O)[O-]. The lowest BCUT2D eigenvalue weighted by Gasteiger charge is -2.34. The van der Waals surface area contributed by atoms with E-state index in [0.29, 0.717) is 55.8 Å². The first kappa shape index (κ1) is 20.7. The molecule has 1 aliphatic heterocycles. The smallest absolute Gasteiger partial charge is 0.312 e. The lowest BCUT2D eigenvalue weighted by Crippen LogP contribution is -2.49. The van der Waals surface area contributed by atoms with E-state index in [4.69, 9.17) is 5.73 Å². The Kier molecular flexibility index (Phi) is 5.51. The van der Waals surface area contributed by atoms with Crippen LogP contribution in [0.15, 0.2) is 24.3 Å². The van der Waals surface area contributed by atoms with E-state index in [1.807, 2.05) is 24.3 Å². The highest BCUT2D eigenvalue weighted by atomic mass is 16.6. The van der Waals surface area contributed by atoms with Crippen molar-refractivity contribution in [1.29, 1.82) is 0 Å². The zero-order valence-corrected chi connectivity index (χ0v) is 17.5. The third-order valence-electron chi connectivity index (χ3n) is 5.58. The number of nitrogens with two attached hydrogens (primary N) is 1. The van der Waals surface area contributed by atoms with E-state index < -0.39 is 4.92 Å². The predicted molar refractivity (Wildman–Crippen MR) is 114 cm³/mol. The second-order valence-electron chi connectivity index (χ2n) is 7.63. The van der Waals surface area contributed by atoms with Gasteiger partial charge in [0.1, 0.15) is 29.6 Å². The van der Waals surface area contributed by atoms with Crippen LogP contribution in [0.2, 0.25) is 0 Å². The Hall–Kier alpha value is -3.60. The third kappa shape index (κ3) is 4.17. The normalized spacial score (nSPS) is 14.8. The molecule has 2 N–H and O–H groups in total. The maximum Gasteiger partial charge on any atom is 0.312 e. The fraction of sp³-hybridized carbons (Fsp3) is 0.400. The molecule has 0 unspecified atom stereocenters. The van der Waals surface area contributed by atoms with Crippen LogP contribution in [0.25, 0.3) is 10.9 Å². The molecule has 3 aromatic rings. The Balaban J connectivity index is 1.36. The van der Waals surface area contributed by atoms with E-state index in [2.05, 4.69) is 20.0 Å². The van der Waals surface area contributed by atoms with Gasteiger partial charge in [-0.3, -0.25) is 24.5 Å². The molecule has 11 heteroatoms. The van der Waals surface area contributed by atoms with Gasteiger partial charge < -0.3 is 10.6 Å². The van der Waals surface area contributed by atoms with Crippen LogP contribution in [-0.2, 0) is 17.9 Å². The van der Waals surface area contributed by atoms with Gasteiger partial charge >= 0.3 is 5.69 Å². The first-order valence-corrected chi connectivity index (χ1v) is 10.0. The van der Waals surface area contributed by atoms with E-state index in [0.717, 1.165) is 10.9 Å². The van der Waals surface area contributed by atoms with Crippen molar-refractivity contribution in [2.75, 3.05) is 31.9 Å². The minimum atomic E-state index is -0.459. The number of amides is 1. The maximum absolute atomic E-state index is 12.7. The lowest BCUT2D eigenvalue weighted by atomic mass is 10.2. The van der Waals surface area contributed by atoms with Crippen molar-refractivity contribution in [2.24, 2.45) is 0 Å². The molecule has 0 bridgehead atoms. The van der Waals surface area contributed by atoms with Crippen LogP contribution in [0.3, 0.4) is 0 Å². The molecule has 11 nitrogen and oxygen atoms in total.